The highest BCUT2D eigenvalue weighted by Gasteiger charge is 2.19. The number of anilines is 1. The van der Waals surface area contributed by atoms with Gasteiger partial charge in [-0.1, -0.05) is 19.1 Å². The lowest BCUT2D eigenvalue weighted by molar-refractivity contribution is 0.0941. The quantitative estimate of drug-likeness (QED) is 0.764. The molecule has 3 rings (SSSR count). The Hall–Kier alpha value is -2.20. The number of carbonyl (C=O) groups is 1. The van der Waals surface area contributed by atoms with Crippen LogP contribution in [0.1, 0.15) is 34.8 Å². The van der Waals surface area contributed by atoms with Gasteiger partial charge in [-0.25, -0.2) is 4.39 Å². The first-order chi connectivity index (χ1) is 11.7. The minimum Gasteiger partial charge on any atom is -0.384 e. The lowest BCUT2D eigenvalue weighted by Crippen LogP contribution is -2.37. The lowest BCUT2D eigenvalue weighted by atomic mass is 9.99. The average Bonchev–Trinajstić information content (AvgIpc) is 3.07. The second-order valence-corrected chi connectivity index (χ2v) is 6.20. The average molecular weight is 326 g/mol. The summed E-state index contributed by atoms with van der Waals surface area (Å²) < 4.78 is 12.9. The van der Waals surface area contributed by atoms with Crippen LogP contribution in [0.5, 0.6) is 0 Å². The van der Waals surface area contributed by atoms with Crippen molar-refractivity contribution in [3.05, 3.63) is 65.0 Å². The molecule has 2 aromatic rings. The van der Waals surface area contributed by atoms with Gasteiger partial charge in [0, 0.05) is 17.8 Å². The monoisotopic (exact) mass is 326 g/mol. The third-order valence-corrected chi connectivity index (χ3v) is 4.54. The van der Waals surface area contributed by atoms with Crippen LogP contribution in [-0.2, 0) is 12.8 Å². The summed E-state index contributed by atoms with van der Waals surface area (Å²) >= 11 is 0. The van der Waals surface area contributed by atoms with Gasteiger partial charge < -0.3 is 10.6 Å². The van der Waals surface area contributed by atoms with Gasteiger partial charge >= 0.3 is 0 Å². The summed E-state index contributed by atoms with van der Waals surface area (Å²) in [7, 11) is 0. The van der Waals surface area contributed by atoms with E-state index in [0.717, 1.165) is 42.6 Å². The molecule has 1 unspecified atom stereocenters. The molecule has 1 heterocycles. The number of hydrogen-bond donors (Lipinski definition) is 2. The molecule has 0 fully saturated rings. The molecular weight excluding hydrogens is 303 g/mol. The zero-order valence-electron chi connectivity index (χ0n) is 13.9. The maximum absolute atomic E-state index is 12.9. The van der Waals surface area contributed by atoms with E-state index in [1.807, 2.05) is 25.1 Å². The highest BCUT2D eigenvalue weighted by atomic mass is 19.1. The van der Waals surface area contributed by atoms with E-state index >= 15 is 0 Å². The Bertz CT molecular complexity index is 712. The van der Waals surface area contributed by atoms with Gasteiger partial charge in [0.2, 0.25) is 0 Å². The fraction of sp³-hybridized carbons (Fsp3) is 0.350. The molecule has 126 valence electrons. The molecule has 0 bridgehead atoms. The molecule has 0 aliphatic carbocycles. The minimum atomic E-state index is -0.223. The smallest absolute Gasteiger partial charge is 0.179 e. The number of fused-ring (bicyclic) bond motifs is 1. The van der Waals surface area contributed by atoms with Crippen LogP contribution in [0, 0.1) is 5.82 Å². The van der Waals surface area contributed by atoms with Crippen molar-refractivity contribution in [1.29, 1.82) is 0 Å². The van der Waals surface area contributed by atoms with Crippen LogP contribution in [0.3, 0.4) is 0 Å². The van der Waals surface area contributed by atoms with Gasteiger partial charge in [0.15, 0.2) is 5.78 Å². The van der Waals surface area contributed by atoms with E-state index in [2.05, 4.69) is 10.6 Å². The molecule has 0 radical (unpaired) electrons. The Morgan fingerprint density at radius 3 is 2.79 bits per heavy atom. The molecular formula is C20H23FN2O. The first-order valence-corrected chi connectivity index (χ1v) is 8.56. The second-order valence-electron chi connectivity index (χ2n) is 6.20. The Morgan fingerprint density at radius 2 is 2.04 bits per heavy atom. The van der Waals surface area contributed by atoms with Crippen LogP contribution in [-0.4, -0.2) is 24.9 Å². The largest absolute Gasteiger partial charge is 0.384 e. The summed E-state index contributed by atoms with van der Waals surface area (Å²) in [4.78, 5) is 12.7. The number of carbonyl (C=O) groups excluding carboxylic acids is 1. The normalized spacial score (nSPS) is 14.1. The van der Waals surface area contributed by atoms with Crippen molar-refractivity contribution < 1.29 is 9.18 Å². The third-order valence-electron chi connectivity index (χ3n) is 4.54. The number of Topliss-reactive ketones (excluding diaryl/α,β-unsaturated/α-hetero) is 1. The van der Waals surface area contributed by atoms with Gasteiger partial charge in [-0.3, -0.25) is 4.79 Å². The van der Waals surface area contributed by atoms with Gasteiger partial charge in [-0.2, -0.15) is 0 Å². The van der Waals surface area contributed by atoms with E-state index in [1.54, 1.807) is 12.1 Å². The molecule has 4 heteroatoms. The van der Waals surface area contributed by atoms with E-state index in [0.29, 0.717) is 6.54 Å². The number of benzene rings is 2. The van der Waals surface area contributed by atoms with Crippen molar-refractivity contribution in [2.24, 2.45) is 0 Å². The van der Waals surface area contributed by atoms with Crippen LogP contribution in [0.2, 0.25) is 0 Å². The Balaban J connectivity index is 1.59. The van der Waals surface area contributed by atoms with E-state index in [4.69, 9.17) is 0 Å². The van der Waals surface area contributed by atoms with Crippen LogP contribution in [0.15, 0.2) is 42.5 Å². The molecule has 2 aromatic carbocycles. The van der Waals surface area contributed by atoms with Crippen molar-refractivity contribution in [3.63, 3.8) is 0 Å². The minimum absolute atomic E-state index is 0.145. The van der Waals surface area contributed by atoms with E-state index in [1.165, 1.54) is 17.7 Å². The molecule has 1 aliphatic rings. The Kier molecular flexibility index (Phi) is 5.26. The molecule has 0 amide bonds. The van der Waals surface area contributed by atoms with Crippen molar-refractivity contribution in [1.82, 2.24) is 5.32 Å². The molecule has 0 aromatic heterocycles. The topological polar surface area (TPSA) is 41.1 Å². The molecule has 1 atom stereocenters. The van der Waals surface area contributed by atoms with Crippen molar-refractivity contribution >= 4 is 11.5 Å². The van der Waals surface area contributed by atoms with E-state index < -0.39 is 0 Å². The SMILES string of the molecule is CCC(NCCc1ccc(F)cc1)C(=O)c1ccc2c(c1)CCN2. The van der Waals surface area contributed by atoms with Crippen LogP contribution in [0.4, 0.5) is 10.1 Å². The van der Waals surface area contributed by atoms with E-state index in [-0.39, 0.29) is 17.6 Å². The third kappa shape index (κ3) is 3.82. The maximum Gasteiger partial charge on any atom is 0.179 e. The first-order valence-electron chi connectivity index (χ1n) is 8.56. The van der Waals surface area contributed by atoms with Crippen LogP contribution < -0.4 is 10.6 Å². The van der Waals surface area contributed by atoms with E-state index in [9.17, 15) is 9.18 Å². The molecule has 0 saturated heterocycles. The zero-order valence-corrected chi connectivity index (χ0v) is 13.9. The van der Waals surface area contributed by atoms with Gasteiger partial charge in [-0.15, -0.1) is 0 Å². The molecule has 24 heavy (non-hydrogen) atoms. The summed E-state index contributed by atoms with van der Waals surface area (Å²) in [6.45, 7) is 3.66. The van der Waals surface area contributed by atoms with Crippen molar-refractivity contribution in [2.75, 3.05) is 18.4 Å². The van der Waals surface area contributed by atoms with Crippen LogP contribution in [0.25, 0.3) is 0 Å². The predicted octanol–water partition coefficient (Wildman–Crippen LogP) is 3.59. The number of hydrogen-bond acceptors (Lipinski definition) is 3. The number of ketones is 1. The highest BCUT2D eigenvalue weighted by Crippen LogP contribution is 2.23. The van der Waals surface area contributed by atoms with Gasteiger partial charge in [0.05, 0.1) is 6.04 Å². The predicted molar refractivity (Wildman–Crippen MR) is 95.2 cm³/mol. The summed E-state index contributed by atoms with van der Waals surface area (Å²) in [5.41, 5.74) is 4.21. The molecule has 2 N–H and O–H groups in total. The number of nitrogens with one attached hydrogen (secondary N) is 2. The van der Waals surface area contributed by atoms with Gasteiger partial charge in [0.25, 0.3) is 0 Å². The summed E-state index contributed by atoms with van der Waals surface area (Å²) in [6.07, 6.45) is 2.50. The number of halogens is 1. The second kappa shape index (κ2) is 7.58. The highest BCUT2D eigenvalue weighted by molar-refractivity contribution is 6.00. The number of rotatable bonds is 7. The van der Waals surface area contributed by atoms with Gasteiger partial charge in [-0.05, 0) is 67.3 Å². The summed E-state index contributed by atoms with van der Waals surface area (Å²) in [5.74, 6) is -0.0780. The summed E-state index contributed by atoms with van der Waals surface area (Å²) in [6, 6.07) is 12.2. The Morgan fingerprint density at radius 1 is 1.25 bits per heavy atom. The molecule has 0 spiro atoms. The van der Waals surface area contributed by atoms with Crippen LogP contribution >= 0.6 is 0 Å². The van der Waals surface area contributed by atoms with Gasteiger partial charge in [0.1, 0.15) is 5.82 Å². The standard InChI is InChI=1S/C20H23FN2O/c1-2-18(22-11-9-14-3-6-17(21)7-4-14)20(24)16-5-8-19-15(13-16)10-12-23-19/h3-8,13,18,22-23H,2,9-12H2,1H3. The maximum atomic E-state index is 12.9. The first kappa shape index (κ1) is 16.7. The van der Waals surface area contributed by atoms with Crippen molar-refractivity contribution in [2.45, 2.75) is 32.2 Å². The lowest BCUT2D eigenvalue weighted by Gasteiger charge is -2.16. The van der Waals surface area contributed by atoms with Crippen molar-refractivity contribution in [3.8, 4) is 0 Å². The Labute approximate surface area is 142 Å². The molecule has 0 saturated carbocycles. The molecule has 3 nitrogen and oxygen atoms in total. The fourth-order valence-electron chi connectivity index (χ4n) is 3.12. The molecule has 1 aliphatic heterocycles. The summed E-state index contributed by atoms with van der Waals surface area (Å²) in [5, 5.41) is 6.65. The fourth-order valence-corrected chi connectivity index (χ4v) is 3.12. The zero-order chi connectivity index (χ0) is 16.9.